The van der Waals surface area contributed by atoms with Crippen LogP contribution in [0.15, 0.2) is 54.6 Å². The number of anilines is 1. The van der Waals surface area contributed by atoms with E-state index >= 15 is 0 Å². The number of amides is 1. The third kappa shape index (κ3) is 3.95. The zero-order valence-electron chi connectivity index (χ0n) is 12.0. The van der Waals surface area contributed by atoms with E-state index in [4.69, 9.17) is 5.73 Å². The van der Waals surface area contributed by atoms with Gasteiger partial charge in [-0.25, -0.2) is 0 Å². The topological polar surface area (TPSA) is 55.1 Å². The lowest BCUT2D eigenvalue weighted by atomic mass is 10.0. The lowest BCUT2D eigenvalue weighted by Gasteiger charge is -2.13. The second-order valence-electron chi connectivity index (χ2n) is 4.67. The molecular formula is C18H18N2O. The Morgan fingerprint density at radius 3 is 2.52 bits per heavy atom. The van der Waals surface area contributed by atoms with Gasteiger partial charge in [-0.05, 0) is 24.6 Å². The van der Waals surface area contributed by atoms with Crippen molar-refractivity contribution >= 4 is 11.6 Å². The fourth-order valence-corrected chi connectivity index (χ4v) is 1.98. The Balaban J connectivity index is 2.17. The molecule has 2 rings (SSSR count). The molecule has 2 aromatic carbocycles. The summed E-state index contributed by atoms with van der Waals surface area (Å²) < 4.78 is 0. The maximum atomic E-state index is 12.4. The normalized spacial score (nSPS) is 11.1. The van der Waals surface area contributed by atoms with E-state index in [2.05, 4.69) is 17.2 Å². The Morgan fingerprint density at radius 1 is 1.14 bits per heavy atom. The van der Waals surface area contributed by atoms with Gasteiger partial charge < -0.3 is 11.1 Å². The van der Waals surface area contributed by atoms with Crippen molar-refractivity contribution in [3.63, 3.8) is 0 Å². The van der Waals surface area contributed by atoms with Crippen LogP contribution in [0.2, 0.25) is 0 Å². The average molecular weight is 278 g/mol. The zero-order valence-corrected chi connectivity index (χ0v) is 12.0. The van der Waals surface area contributed by atoms with Crippen molar-refractivity contribution in [3.8, 4) is 11.8 Å². The van der Waals surface area contributed by atoms with E-state index in [1.807, 2.05) is 61.5 Å². The molecular weight excluding hydrogens is 260 g/mol. The number of nitrogens with one attached hydrogen (secondary N) is 1. The summed E-state index contributed by atoms with van der Waals surface area (Å²) in [4.78, 5) is 12.4. The smallest absolute Gasteiger partial charge is 0.231 e. The molecule has 3 N–H and O–H groups in total. The molecule has 1 amide bonds. The molecule has 0 spiro atoms. The highest BCUT2D eigenvalue weighted by molar-refractivity contribution is 5.96. The summed E-state index contributed by atoms with van der Waals surface area (Å²) in [5.74, 6) is 5.50. The highest BCUT2D eigenvalue weighted by Crippen LogP contribution is 2.19. The SMILES string of the molecule is CC(C(=O)Nc1ccccc1C#CCN)c1ccccc1. The van der Waals surface area contributed by atoms with Gasteiger partial charge >= 0.3 is 0 Å². The van der Waals surface area contributed by atoms with E-state index in [1.54, 1.807) is 0 Å². The zero-order chi connectivity index (χ0) is 15.1. The predicted octanol–water partition coefficient (Wildman–Crippen LogP) is 2.74. The van der Waals surface area contributed by atoms with Gasteiger partial charge in [0.15, 0.2) is 0 Å². The van der Waals surface area contributed by atoms with Gasteiger partial charge in [0.05, 0.1) is 18.2 Å². The highest BCUT2D eigenvalue weighted by Gasteiger charge is 2.15. The van der Waals surface area contributed by atoms with Crippen molar-refractivity contribution in [2.24, 2.45) is 5.73 Å². The first-order valence-corrected chi connectivity index (χ1v) is 6.86. The molecule has 1 atom stereocenters. The number of carbonyl (C=O) groups is 1. The van der Waals surface area contributed by atoms with E-state index in [0.717, 1.165) is 11.1 Å². The van der Waals surface area contributed by atoms with Gasteiger partial charge in [-0.2, -0.15) is 0 Å². The number of benzene rings is 2. The first-order chi connectivity index (χ1) is 10.2. The van der Waals surface area contributed by atoms with Crippen molar-refractivity contribution in [3.05, 3.63) is 65.7 Å². The molecule has 106 valence electrons. The Hall–Kier alpha value is -2.57. The standard InChI is InChI=1S/C18H18N2O/c1-14(15-8-3-2-4-9-15)18(21)20-17-12-6-5-10-16(17)11-7-13-19/h2-6,8-10,12,14H,13,19H2,1H3,(H,20,21). The van der Waals surface area contributed by atoms with Crippen molar-refractivity contribution in [2.75, 3.05) is 11.9 Å². The van der Waals surface area contributed by atoms with Gasteiger partial charge in [-0.1, -0.05) is 54.3 Å². The molecule has 3 nitrogen and oxygen atoms in total. The number of nitrogens with two attached hydrogens (primary N) is 1. The van der Waals surface area contributed by atoms with E-state index in [9.17, 15) is 4.79 Å². The minimum atomic E-state index is -0.221. The Labute approximate surface area is 125 Å². The van der Waals surface area contributed by atoms with E-state index in [1.165, 1.54) is 0 Å². The van der Waals surface area contributed by atoms with Crippen molar-refractivity contribution in [2.45, 2.75) is 12.8 Å². The largest absolute Gasteiger partial charge is 0.324 e. The third-order valence-corrected chi connectivity index (χ3v) is 3.20. The first kappa shape index (κ1) is 14.8. The van der Waals surface area contributed by atoms with Gasteiger partial charge in [0.1, 0.15) is 0 Å². The van der Waals surface area contributed by atoms with Crippen LogP contribution in [0.4, 0.5) is 5.69 Å². The monoisotopic (exact) mass is 278 g/mol. The number of hydrogen-bond acceptors (Lipinski definition) is 2. The van der Waals surface area contributed by atoms with Gasteiger partial charge in [0, 0.05) is 5.56 Å². The average Bonchev–Trinajstić information content (AvgIpc) is 2.54. The molecule has 0 aliphatic carbocycles. The van der Waals surface area contributed by atoms with Crippen molar-refractivity contribution in [1.82, 2.24) is 0 Å². The van der Waals surface area contributed by atoms with Gasteiger partial charge in [-0.15, -0.1) is 0 Å². The molecule has 0 bridgehead atoms. The summed E-state index contributed by atoms with van der Waals surface area (Å²) >= 11 is 0. The first-order valence-electron chi connectivity index (χ1n) is 6.86. The number of rotatable bonds is 3. The van der Waals surface area contributed by atoms with Gasteiger partial charge in [-0.3, -0.25) is 4.79 Å². The lowest BCUT2D eigenvalue weighted by Crippen LogP contribution is -2.19. The van der Waals surface area contributed by atoms with Crippen LogP contribution in [0.3, 0.4) is 0 Å². The maximum Gasteiger partial charge on any atom is 0.231 e. The highest BCUT2D eigenvalue weighted by atomic mass is 16.1. The molecule has 0 radical (unpaired) electrons. The minimum Gasteiger partial charge on any atom is -0.324 e. The summed E-state index contributed by atoms with van der Waals surface area (Å²) in [7, 11) is 0. The van der Waals surface area contributed by atoms with Gasteiger partial charge in [0.2, 0.25) is 5.91 Å². The van der Waals surface area contributed by atoms with Crippen LogP contribution in [0.25, 0.3) is 0 Å². The molecule has 0 aromatic heterocycles. The second-order valence-corrected chi connectivity index (χ2v) is 4.67. The molecule has 3 heteroatoms. The van der Waals surface area contributed by atoms with E-state index in [0.29, 0.717) is 12.2 Å². The Bertz CT molecular complexity index is 668. The molecule has 21 heavy (non-hydrogen) atoms. The molecule has 1 unspecified atom stereocenters. The molecule has 0 fully saturated rings. The summed E-state index contributed by atoms with van der Waals surface area (Å²) in [6.45, 7) is 2.18. The molecule has 0 saturated carbocycles. The van der Waals surface area contributed by atoms with Crippen molar-refractivity contribution in [1.29, 1.82) is 0 Å². The van der Waals surface area contributed by atoms with E-state index < -0.39 is 0 Å². The summed E-state index contributed by atoms with van der Waals surface area (Å²) in [6.07, 6.45) is 0. The van der Waals surface area contributed by atoms with Crippen molar-refractivity contribution < 1.29 is 4.79 Å². The Morgan fingerprint density at radius 2 is 1.81 bits per heavy atom. The van der Waals surface area contributed by atoms with Crippen LogP contribution < -0.4 is 11.1 Å². The van der Waals surface area contributed by atoms with Crippen LogP contribution >= 0.6 is 0 Å². The number of para-hydroxylation sites is 1. The fourth-order valence-electron chi connectivity index (χ4n) is 1.98. The van der Waals surface area contributed by atoms with Crippen LogP contribution in [0.1, 0.15) is 24.0 Å². The molecule has 0 heterocycles. The molecule has 2 aromatic rings. The lowest BCUT2D eigenvalue weighted by molar-refractivity contribution is -0.117. The van der Waals surface area contributed by atoms with Crippen LogP contribution in [0, 0.1) is 11.8 Å². The van der Waals surface area contributed by atoms with Crippen LogP contribution in [0.5, 0.6) is 0 Å². The summed E-state index contributed by atoms with van der Waals surface area (Å²) in [5.41, 5.74) is 7.87. The number of hydrogen-bond donors (Lipinski definition) is 2. The second kappa shape index (κ2) is 7.28. The predicted molar refractivity (Wildman–Crippen MR) is 85.9 cm³/mol. The molecule has 0 aliphatic rings. The molecule has 0 saturated heterocycles. The Kier molecular flexibility index (Phi) is 5.14. The van der Waals surface area contributed by atoms with Gasteiger partial charge in [0.25, 0.3) is 0 Å². The number of carbonyl (C=O) groups excluding carboxylic acids is 1. The quantitative estimate of drug-likeness (QED) is 0.848. The third-order valence-electron chi connectivity index (χ3n) is 3.20. The van der Waals surface area contributed by atoms with Crippen LogP contribution in [-0.4, -0.2) is 12.5 Å². The summed E-state index contributed by atoms with van der Waals surface area (Å²) in [5, 5.41) is 2.94. The van der Waals surface area contributed by atoms with Crippen LogP contribution in [-0.2, 0) is 4.79 Å². The summed E-state index contributed by atoms with van der Waals surface area (Å²) in [6, 6.07) is 17.2. The maximum absolute atomic E-state index is 12.4. The van der Waals surface area contributed by atoms with E-state index in [-0.39, 0.29) is 11.8 Å². The minimum absolute atomic E-state index is 0.0526. The molecule has 0 aliphatic heterocycles. The fraction of sp³-hybridized carbons (Fsp3) is 0.167.